The molecule has 284 valence electrons. The summed E-state index contributed by atoms with van der Waals surface area (Å²) in [6, 6.07) is 66.4. The Morgan fingerprint density at radius 1 is 0.589 bits per heavy atom. The van der Waals surface area contributed by atoms with E-state index in [1.165, 1.54) is 61.2 Å². The molecular weight excluding hydrogens is 799 g/mol. The van der Waals surface area contributed by atoms with E-state index in [0.29, 0.717) is 11.8 Å². The second kappa shape index (κ2) is 23.3. The zero-order chi connectivity index (χ0) is 37.5. The second-order valence-corrected chi connectivity index (χ2v) is 16.6. The predicted molar refractivity (Wildman–Crippen MR) is 227 cm³/mol. The van der Waals surface area contributed by atoms with Crippen LogP contribution >= 0.6 is 0 Å². The SMILES string of the molecule is Cc1cc2c(cc1Cc1ccccc1)-c1ccc(CC(C)C(C)Cc3ccccc3)[c-]c1C2.[Cl-].[Cl-].[Zr+2]=[C](Cc1ccccc1)Cc1ccccc1.c1cc[cH-]c1. The zero-order valence-corrected chi connectivity index (χ0v) is 36.9. The summed E-state index contributed by atoms with van der Waals surface area (Å²) < 4.78 is 1.60. The topological polar surface area (TPSA) is 0 Å². The smallest absolute Gasteiger partial charge is 0.172 e. The molecule has 0 nitrogen and oxygen atoms in total. The van der Waals surface area contributed by atoms with Crippen LogP contribution in [0.15, 0.2) is 176 Å². The summed E-state index contributed by atoms with van der Waals surface area (Å²) in [5, 5.41) is 0. The molecule has 2 unspecified atom stereocenters. The van der Waals surface area contributed by atoms with E-state index in [0.717, 1.165) is 38.5 Å². The summed E-state index contributed by atoms with van der Waals surface area (Å²) in [4.78, 5) is 0. The van der Waals surface area contributed by atoms with Gasteiger partial charge in [0.1, 0.15) is 0 Å². The van der Waals surface area contributed by atoms with Crippen molar-refractivity contribution in [1.82, 2.24) is 0 Å². The van der Waals surface area contributed by atoms with Gasteiger partial charge in [-0.25, -0.2) is 12.1 Å². The van der Waals surface area contributed by atoms with E-state index in [1.807, 2.05) is 30.3 Å². The molecule has 8 rings (SSSR count). The van der Waals surface area contributed by atoms with E-state index in [-0.39, 0.29) is 24.8 Å². The van der Waals surface area contributed by atoms with Crippen molar-refractivity contribution in [3.05, 3.63) is 232 Å². The number of hydrogen-bond donors (Lipinski definition) is 0. The second-order valence-electron chi connectivity index (χ2n) is 14.9. The van der Waals surface area contributed by atoms with Gasteiger partial charge in [-0.2, -0.15) is 42.0 Å². The van der Waals surface area contributed by atoms with Crippen molar-refractivity contribution >= 4 is 3.21 Å². The molecule has 0 aromatic heterocycles. The van der Waals surface area contributed by atoms with Crippen molar-refractivity contribution in [2.24, 2.45) is 11.8 Å². The fraction of sp³-hybridized carbons (Fsp3) is 0.208. The van der Waals surface area contributed by atoms with Gasteiger partial charge < -0.3 is 24.8 Å². The van der Waals surface area contributed by atoms with E-state index in [4.69, 9.17) is 0 Å². The zero-order valence-electron chi connectivity index (χ0n) is 32.9. The van der Waals surface area contributed by atoms with Gasteiger partial charge >= 0.3 is 112 Å². The number of rotatable bonds is 11. The molecule has 3 heteroatoms. The largest absolute Gasteiger partial charge is 0.214 e. The molecule has 0 fully saturated rings. The van der Waals surface area contributed by atoms with Crippen molar-refractivity contribution in [2.75, 3.05) is 0 Å². The Bertz CT molecular complexity index is 2100. The van der Waals surface area contributed by atoms with Crippen LogP contribution in [0.4, 0.5) is 0 Å². The van der Waals surface area contributed by atoms with Gasteiger partial charge in [0.2, 0.25) is 0 Å². The third-order valence-corrected chi connectivity index (χ3v) is 11.4. The molecule has 0 heterocycles. The quantitative estimate of drug-likeness (QED) is 0.129. The first-order valence-corrected chi connectivity index (χ1v) is 20.7. The van der Waals surface area contributed by atoms with Gasteiger partial charge in [0.25, 0.3) is 0 Å². The number of benzene rings is 6. The Labute approximate surface area is 364 Å². The molecule has 2 atom stereocenters. The van der Waals surface area contributed by atoms with Gasteiger partial charge in [-0.05, 0) is 72.3 Å². The summed E-state index contributed by atoms with van der Waals surface area (Å²) in [7, 11) is 0. The molecule has 1 aliphatic rings. The molecular formula is C53H52Cl2Zr-2. The van der Waals surface area contributed by atoms with Gasteiger partial charge in [-0.15, -0.1) is 11.1 Å². The van der Waals surface area contributed by atoms with Crippen LogP contribution in [0.25, 0.3) is 11.1 Å². The van der Waals surface area contributed by atoms with E-state index < -0.39 is 0 Å². The number of fused-ring (bicyclic) bond motifs is 3. The van der Waals surface area contributed by atoms with Crippen LogP contribution in [0.2, 0.25) is 0 Å². The number of halogens is 2. The average molecular weight is 851 g/mol. The molecule has 56 heavy (non-hydrogen) atoms. The Morgan fingerprint density at radius 2 is 1.09 bits per heavy atom. The van der Waals surface area contributed by atoms with Crippen LogP contribution in [0, 0.1) is 24.8 Å². The molecule has 0 spiro atoms. The molecule has 0 aliphatic heterocycles. The molecule has 0 N–H and O–H groups in total. The summed E-state index contributed by atoms with van der Waals surface area (Å²) in [5.74, 6) is 1.28. The average Bonchev–Trinajstić information content (AvgIpc) is 3.89. The van der Waals surface area contributed by atoms with Crippen LogP contribution < -0.4 is 24.8 Å². The van der Waals surface area contributed by atoms with E-state index in [9.17, 15) is 0 Å². The van der Waals surface area contributed by atoms with E-state index in [2.05, 4.69) is 172 Å². The predicted octanol–water partition coefficient (Wildman–Crippen LogP) is 6.62. The first-order valence-electron chi connectivity index (χ1n) is 19.5. The summed E-state index contributed by atoms with van der Waals surface area (Å²) in [6.45, 7) is 7.03. The molecule has 0 radical (unpaired) electrons. The Balaban J connectivity index is 0.000000252. The maximum atomic E-state index is 3.81. The third-order valence-electron chi connectivity index (χ3n) is 10.5. The van der Waals surface area contributed by atoms with Crippen molar-refractivity contribution in [1.29, 1.82) is 0 Å². The minimum atomic E-state index is 0. The van der Waals surface area contributed by atoms with Crippen LogP contribution in [-0.2, 0) is 62.8 Å². The molecule has 7 aromatic rings. The summed E-state index contributed by atoms with van der Waals surface area (Å²) in [6.07, 6.45) is 6.48. The Hall–Kier alpha value is -4.00. The van der Waals surface area contributed by atoms with Crippen molar-refractivity contribution in [3.63, 3.8) is 0 Å². The summed E-state index contributed by atoms with van der Waals surface area (Å²) >= 11 is 1.55. The van der Waals surface area contributed by atoms with Crippen molar-refractivity contribution < 1.29 is 49.0 Å². The molecule has 1 aliphatic carbocycles. The van der Waals surface area contributed by atoms with Gasteiger partial charge in [0.15, 0.2) is 0 Å². The van der Waals surface area contributed by atoms with Crippen molar-refractivity contribution in [3.8, 4) is 11.1 Å². The first kappa shape index (κ1) is 44.7. The molecule has 7 aromatic carbocycles. The minimum absolute atomic E-state index is 0. The minimum Gasteiger partial charge on any atom is -0.214 e. The Kier molecular flexibility index (Phi) is 18.6. The fourth-order valence-corrected chi connectivity index (χ4v) is 8.31. The molecule has 0 saturated heterocycles. The maximum absolute atomic E-state index is 3.81. The van der Waals surface area contributed by atoms with Crippen LogP contribution in [0.1, 0.15) is 63.9 Å². The molecule has 0 bridgehead atoms. The standard InChI is InChI=1S/C33H33.C15H14.C5H5.2ClH.Zr/c1-23(16-26-10-6-4-7-11-26)24(2)17-28-14-15-32-31(20-28)21-30-18-25(3)29(22-33(30)32)19-27-12-8-5-9-13-27;1-3-8-14(9-4-1)12-7-13-15-10-5-2-6-11-15;1-2-4-5-3-1;;;/h4-15,18,22-24H,16-17,19,21H2,1-3H3;1-6,8-11H,12-13H2;1-5H;2*1H;/q-1;;-1;;;+2/p-2. The van der Waals surface area contributed by atoms with Crippen LogP contribution in [0.3, 0.4) is 0 Å². The van der Waals surface area contributed by atoms with E-state index in [1.54, 1.807) is 27.4 Å². The molecule has 0 amide bonds. The van der Waals surface area contributed by atoms with Crippen molar-refractivity contribution in [2.45, 2.75) is 59.3 Å². The van der Waals surface area contributed by atoms with Gasteiger partial charge in [0, 0.05) is 0 Å². The normalized spacial score (nSPS) is 11.8. The monoisotopic (exact) mass is 848 g/mol. The first-order chi connectivity index (χ1) is 26.4. The van der Waals surface area contributed by atoms with Gasteiger partial charge in [-0.1, -0.05) is 92.2 Å². The third kappa shape index (κ3) is 13.6. The molecule has 0 saturated carbocycles. The van der Waals surface area contributed by atoms with E-state index >= 15 is 0 Å². The van der Waals surface area contributed by atoms with Gasteiger partial charge in [0.05, 0.1) is 0 Å². The van der Waals surface area contributed by atoms with Crippen LogP contribution in [-0.4, -0.2) is 3.21 Å². The summed E-state index contributed by atoms with van der Waals surface area (Å²) in [5.41, 5.74) is 15.5. The maximum Gasteiger partial charge on any atom is -0.172 e. The van der Waals surface area contributed by atoms with Crippen LogP contribution in [0.5, 0.6) is 0 Å². The fourth-order valence-electron chi connectivity index (χ4n) is 7.31. The number of aryl methyl sites for hydroxylation is 1. The Morgan fingerprint density at radius 3 is 1.61 bits per heavy atom. The number of hydrogen-bond acceptors (Lipinski definition) is 0. The van der Waals surface area contributed by atoms with Gasteiger partial charge in [-0.3, -0.25) is 0 Å².